The number of rotatable bonds is 10. The number of sulfonamides is 1. The van der Waals surface area contributed by atoms with Gasteiger partial charge in [-0.25, -0.2) is 17.7 Å². The van der Waals surface area contributed by atoms with Crippen molar-refractivity contribution in [2.45, 2.75) is 76.3 Å². The van der Waals surface area contributed by atoms with E-state index in [0.717, 1.165) is 38.5 Å². The molecule has 2 aromatic rings. The lowest BCUT2D eigenvalue weighted by Gasteiger charge is -2.31. The van der Waals surface area contributed by atoms with Crippen LogP contribution in [0.2, 0.25) is 0 Å². The fraction of sp³-hybridized carbons (Fsp3) is 0.667. The maximum Gasteiger partial charge on any atom is 0.270 e. The standard InChI is InChI=1S/C24H34N6O4S/c25-16-18-15-19-17-26-24(28-22(19)30(23(18)32)21-7-3-4-8-21)27-20-9-11-29(12-10-20)35(33,34)14-6-2-1-5-13-31/h15,17,20-21,31H,1-14H2,(H,26,27,28). The number of nitriles is 1. The predicted octanol–water partition coefficient (Wildman–Crippen LogP) is 2.54. The van der Waals surface area contributed by atoms with Crippen LogP contribution in [-0.4, -0.2) is 63.9 Å². The number of hydrogen-bond donors (Lipinski definition) is 2. The third kappa shape index (κ3) is 6.00. The quantitative estimate of drug-likeness (QED) is 0.472. The summed E-state index contributed by atoms with van der Waals surface area (Å²) in [6.45, 7) is 1.04. The number of aliphatic hydroxyl groups excluding tert-OH is 1. The normalized spacial score (nSPS) is 18.2. The summed E-state index contributed by atoms with van der Waals surface area (Å²) in [6, 6.07) is 3.63. The van der Waals surface area contributed by atoms with Gasteiger partial charge in [-0.3, -0.25) is 9.36 Å². The molecule has 35 heavy (non-hydrogen) atoms. The van der Waals surface area contributed by atoms with Gasteiger partial charge in [-0.2, -0.15) is 10.2 Å². The number of nitrogens with zero attached hydrogens (tertiary/aromatic N) is 5. The Morgan fingerprint density at radius 1 is 1.11 bits per heavy atom. The van der Waals surface area contributed by atoms with Crippen LogP contribution < -0.4 is 10.9 Å². The second kappa shape index (κ2) is 11.5. The van der Waals surface area contributed by atoms with Crippen LogP contribution in [0, 0.1) is 11.3 Å². The van der Waals surface area contributed by atoms with Gasteiger partial charge in [0.15, 0.2) is 0 Å². The Kier molecular flexibility index (Phi) is 8.36. The van der Waals surface area contributed by atoms with Crippen molar-refractivity contribution >= 4 is 27.0 Å². The van der Waals surface area contributed by atoms with Gasteiger partial charge in [0.2, 0.25) is 16.0 Å². The Hall–Kier alpha value is -2.55. The number of nitrogens with one attached hydrogen (secondary N) is 1. The lowest BCUT2D eigenvalue weighted by molar-refractivity contribution is 0.283. The zero-order chi connectivity index (χ0) is 24.8. The Balaban J connectivity index is 1.42. The summed E-state index contributed by atoms with van der Waals surface area (Å²) in [4.78, 5) is 22.0. The largest absolute Gasteiger partial charge is 0.396 e. The average molecular weight is 503 g/mol. The van der Waals surface area contributed by atoms with Crippen LogP contribution in [0.5, 0.6) is 0 Å². The number of hydrogen-bond acceptors (Lipinski definition) is 8. The van der Waals surface area contributed by atoms with E-state index in [1.807, 2.05) is 6.07 Å². The molecule has 2 fully saturated rings. The van der Waals surface area contributed by atoms with E-state index in [2.05, 4.69) is 15.3 Å². The summed E-state index contributed by atoms with van der Waals surface area (Å²) in [5.74, 6) is 0.562. The third-order valence-electron chi connectivity index (χ3n) is 7.07. The van der Waals surface area contributed by atoms with Crippen LogP contribution in [0.1, 0.15) is 75.8 Å². The second-order valence-electron chi connectivity index (χ2n) is 9.53. The number of aromatic nitrogens is 3. The highest BCUT2D eigenvalue weighted by Gasteiger charge is 2.28. The van der Waals surface area contributed by atoms with Crippen LogP contribution in [0.25, 0.3) is 11.0 Å². The van der Waals surface area contributed by atoms with Gasteiger partial charge in [0.25, 0.3) is 5.56 Å². The molecule has 0 atom stereocenters. The minimum atomic E-state index is -3.27. The summed E-state index contributed by atoms with van der Waals surface area (Å²) in [5, 5.41) is 22.2. The number of piperidine rings is 1. The lowest BCUT2D eigenvalue weighted by atomic mass is 10.1. The van der Waals surface area contributed by atoms with Gasteiger partial charge < -0.3 is 10.4 Å². The van der Waals surface area contributed by atoms with Gasteiger partial charge in [-0.05, 0) is 44.6 Å². The van der Waals surface area contributed by atoms with E-state index in [0.29, 0.717) is 55.8 Å². The van der Waals surface area contributed by atoms with E-state index < -0.39 is 10.0 Å². The van der Waals surface area contributed by atoms with Gasteiger partial charge in [-0.15, -0.1) is 0 Å². The van der Waals surface area contributed by atoms with Crippen LogP contribution in [0.4, 0.5) is 5.95 Å². The Bertz CT molecular complexity index is 1230. The fourth-order valence-electron chi connectivity index (χ4n) is 5.11. The first kappa shape index (κ1) is 25.5. The van der Waals surface area contributed by atoms with Crippen molar-refractivity contribution in [3.05, 3.63) is 28.2 Å². The predicted molar refractivity (Wildman–Crippen MR) is 134 cm³/mol. The SMILES string of the molecule is N#Cc1cc2cnc(NC3CCN(S(=O)(=O)CCCCCCO)CC3)nc2n(C2CCCC2)c1=O. The molecule has 0 amide bonds. The average Bonchev–Trinajstić information content (AvgIpc) is 3.38. The third-order valence-corrected chi connectivity index (χ3v) is 9.03. The van der Waals surface area contributed by atoms with Gasteiger partial charge in [-0.1, -0.05) is 25.7 Å². The van der Waals surface area contributed by atoms with Gasteiger partial charge in [0, 0.05) is 43.4 Å². The second-order valence-corrected chi connectivity index (χ2v) is 11.6. The van der Waals surface area contributed by atoms with Crippen LogP contribution in [-0.2, 0) is 10.0 Å². The van der Waals surface area contributed by atoms with E-state index in [1.54, 1.807) is 21.1 Å². The molecule has 190 valence electrons. The smallest absolute Gasteiger partial charge is 0.270 e. The molecular formula is C24H34N6O4S. The molecule has 1 aliphatic heterocycles. The Labute approximate surface area is 206 Å². The zero-order valence-electron chi connectivity index (χ0n) is 20.0. The fourth-order valence-corrected chi connectivity index (χ4v) is 6.71. The molecule has 0 unspecified atom stereocenters. The van der Waals surface area contributed by atoms with E-state index in [9.17, 15) is 18.5 Å². The molecule has 3 heterocycles. The van der Waals surface area contributed by atoms with E-state index >= 15 is 0 Å². The minimum absolute atomic E-state index is 0.0356. The maximum absolute atomic E-state index is 12.9. The van der Waals surface area contributed by atoms with Crippen molar-refractivity contribution in [1.29, 1.82) is 5.26 Å². The monoisotopic (exact) mass is 502 g/mol. The van der Waals surface area contributed by atoms with E-state index in [-0.39, 0.29) is 35.6 Å². The lowest BCUT2D eigenvalue weighted by Crippen LogP contribution is -2.43. The van der Waals surface area contributed by atoms with Gasteiger partial charge in [0.05, 0.1) is 5.75 Å². The van der Waals surface area contributed by atoms with Crippen molar-refractivity contribution in [3.63, 3.8) is 0 Å². The minimum Gasteiger partial charge on any atom is -0.396 e. The molecule has 2 aromatic heterocycles. The Morgan fingerprint density at radius 2 is 1.83 bits per heavy atom. The molecule has 2 aliphatic rings. The zero-order valence-corrected chi connectivity index (χ0v) is 20.8. The van der Waals surface area contributed by atoms with Crippen molar-refractivity contribution < 1.29 is 13.5 Å². The van der Waals surface area contributed by atoms with Crippen LogP contribution in [0.15, 0.2) is 17.1 Å². The van der Waals surface area contributed by atoms with E-state index in [1.165, 1.54) is 0 Å². The van der Waals surface area contributed by atoms with Crippen molar-refractivity contribution in [2.75, 3.05) is 30.8 Å². The van der Waals surface area contributed by atoms with Crippen molar-refractivity contribution in [3.8, 4) is 6.07 Å². The molecule has 1 saturated heterocycles. The summed E-state index contributed by atoms with van der Waals surface area (Å²) in [6.07, 6.45) is 9.80. The molecular weight excluding hydrogens is 468 g/mol. The van der Waals surface area contributed by atoms with Gasteiger partial charge >= 0.3 is 0 Å². The van der Waals surface area contributed by atoms with Crippen LogP contribution in [0.3, 0.4) is 0 Å². The number of unbranched alkanes of at least 4 members (excludes halogenated alkanes) is 3. The van der Waals surface area contributed by atoms with Crippen molar-refractivity contribution in [2.24, 2.45) is 0 Å². The first-order chi connectivity index (χ1) is 16.9. The molecule has 4 rings (SSSR count). The van der Waals surface area contributed by atoms with Gasteiger partial charge in [0.1, 0.15) is 17.3 Å². The number of anilines is 1. The molecule has 0 radical (unpaired) electrons. The maximum atomic E-state index is 12.9. The number of pyridine rings is 1. The Morgan fingerprint density at radius 3 is 2.51 bits per heavy atom. The molecule has 11 heteroatoms. The molecule has 0 spiro atoms. The highest BCUT2D eigenvalue weighted by atomic mass is 32.2. The molecule has 0 bridgehead atoms. The molecule has 10 nitrogen and oxygen atoms in total. The highest BCUT2D eigenvalue weighted by molar-refractivity contribution is 7.89. The number of fused-ring (bicyclic) bond motifs is 1. The summed E-state index contributed by atoms with van der Waals surface area (Å²) in [5.41, 5.74) is 0.349. The van der Waals surface area contributed by atoms with Crippen LogP contribution >= 0.6 is 0 Å². The number of aliphatic hydroxyl groups is 1. The van der Waals surface area contributed by atoms with Crippen molar-refractivity contribution in [1.82, 2.24) is 18.8 Å². The molecule has 1 saturated carbocycles. The topological polar surface area (TPSA) is 141 Å². The molecule has 2 N–H and O–H groups in total. The molecule has 0 aromatic carbocycles. The first-order valence-electron chi connectivity index (χ1n) is 12.6. The van der Waals surface area contributed by atoms with E-state index in [4.69, 9.17) is 5.11 Å². The summed E-state index contributed by atoms with van der Waals surface area (Å²) < 4.78 is 28.5. The summed E-state index contributed by atoms with van der Waals surface area (Å²) >= 11 is 0. The summed E-state index contributed by atoms with van der Waals surface area (Å²) in [7, 11) is -3.27. The highest BCUT2D eigenvalue weighted by Crippen LogP contribution is 2.31. The molecule has 1 aliphatic carbocycles. The first-order valence-corrected chi connectivity index (χ1v) is 14.2.